The van der Waals surface area contributed by atoms with Gasteiger partial charge in [0.2, 0.25) is 0 Å². The smallest absolute Gasteiger partial charge is 0.306 e. The van der Waals surface area contributed by atoms with Crippen molar-refractivity contribution in [2.24, 2.45) is 0 Å². The van der Waals surface area contributed by atoms with E-state index >= 15 is 0 Å². The molecule has 2 aliphatic rings. The number of aliphatic hydroxyl groups excluding tert-OH is 7. The first kappa shape index (κ1) is 59.1. The Morgan fingerprint density at radius 2 is 0.923 bits per heavy atom. The fourth-order valence-electron chi connectivity index (χ4n) is 7.95. The third-order valence-corrected chi connectivity index (χ3v) is 12.2. The molecule has 2 heterocycles. The Hall–Kier alpha value is -2.02. The normalized spacial score (nSPS) is 26.5. The summed E-state index contributed by atoms with van der Waals surface area (Å²) in [6.45, 7) is 2.51. The Morgan fingerprint density at radius 3 is 1.43 bits per heavy atom. The molecule has 0 saturated carbocycles. The van der Waals surface area contributed by atoms with Crippen molar-refractivity contribution >= 4 is 11.9 Å². The van der Waals surface area contributed by atoms with E-state index in [0.29, 0.717) is 12.8 Å². The summed E-state index contributed by atoms with van der Waals surface area (Å²) in [4.78, 5) is 25.5. The molecule has 11 unspecified atom stereocenters. The van der Waals surface area contributed by atoms with Gasteiger partial charge in [-0.3, -0.25) is 9.59 Å². The lowest BCUT2D eigenvalue weighted by Gasteiger charge is -2.42. The number of esters is 2. The molecule has 2 saturated heterocycles. The van der Waals surface area contributed by atoms with Crippen molar-refractivity contribution in [3.05, 3.63) is 24.3 Å². The summed E-state index contributed by atoms with van der Waals surface area (Å²) in [5, 5.41) is 71.8. The molecule has 11 atom stereocenters. The summed E-state index contributed by atoms with van der Waals surface area (Å²) in [6.07, 6.45) is 21.2. The van der Waals surface area contributed by atoms with Gasteiger partial charge in [-0.05, 0) is 44.9 Å². The fourth-order valence-corrected chi connectivity index (χ4v) is 7.95. The zero-order chi connectivity index (χ0) is 47.5. The number of allylic oxidation sites excluding steroid dienone is 4. The number of carbonyl (C=O) groups is 2. The third kappa shape index (κ3) is 26.4. The van der Waals surface area contributed by atoms with Crippen LogP contribution >= 0.6 is 0 Å². The van der Waals surface area contributed by atoms with Crippen molar-refractivity contribution in [3.8, 4) is 0 Å². The van der Waals surface area contributed by atoms with E-state index in [0.717, 1.165) is 64.2 Å². The van der Waals surface area contributed by atoms with Gasteiger partial charge in [0.1, 0.15) is 55.4 Å². The molecular weight excluding hydrogens is 841 g/mol. The lowest BCUT2D eigenvalue weighted by Crippen LogP contribution is -2.61. The lowest BCUT2D eigenvalue weighted by molar-refractivity contribution is -0.332. The molecule has 15 heteroatoms. The first-order chi connectivity index (χ1) is 31.5. The predicted octanol–water partition coefficient (Wildman–Crippen LogP) is 6.77. The highest BCUT2D eigenvalue weighted by molar-refractivity contribution is 5.70. The first-order valence-corrected chi connectivity index (χ1v) is 25.4. The van der Waals surface area contributed by atoms with Gasteiger partial charge in [0.05, 0.1) is 19.8 Å². The Kier molecular flexibility index (Phi) is 34.5. The van der Waals surface area contributed by atoms with Gasteiger partial charge in [-0.1, -0.05) is 154 Å². The van der Waals surface area contributed by atoms with Crippen LogP contribution in [0.2, 0.25) is 0 Å². The van der Waals surface area contributed by atoms with Gasteiger partial charge in [0.15, 0.2) is 18.7 Å². The minimum atomic E-state index is -1.76. The molecular formula is C50H90O15. The van der Waals surface area contributed by atoms with Crippen LogP contribution in [0, 0.1) is 0 Å². The predicted molar refractivity (Wildman–Crippen MR) is 247 cm³/mol. The summed E-state index contributed by atoms with van der Waals surface area (Å²) in [5.41, 5.74) is 0. The summed E-state index contributed by atoms with van der Waals surface area (Å²) < 4.78 is 33.4. The molecule has 2 aliphatic heterocycles. The minimum Gasteiger partial charge on any atom is -0.462 e. The van der Waals surface area contributed by atoms with E-state index in [2.05, 4.69) is 38.2 Å². The van der Waals surface area contributed by atoms with Gasteiger partial charge >= 0.3 is 11.9 Å². The Morgan fingerprint density at radius 1 is 0.492 bits per heavy atom. The van der Waals surface area contributed by atoms with Crippen molar-refractivity contribution in [1.29, 1.82) is 0 Å². The van der Waals surface area contributed by atoms with Crippen LogP contribution in [0.25, 0.3) is 0 Å². The van der Waals surface area contributed by atoms with Gasteiger partial charge < -0.3 is 64.2 Å². The second kappa shape index (κ2) is 37.9. The third-order valence-electron chi connectivity index (χ3n) is 12.2. The van der Waals surface area contributed by atoms with Crippen LogP contribution in [0.15, 0.2) is 24.3 Å². The number of unbranched alkanes of at least 4 members (excludes halogenated alkanes) is 21. The summed E-state index contributed by atoms with van der Waals surface area (Å²) >= 11 is 0. The van der Waals surface area contributed by atoms with E-state index in [9.17, 15) is 45.3 Å². The van der Waals surface area contributed by atoms with Crippen molar-refractivity contribution in [2.75, 3.05) is 26.4 Å². The number of carbonyl (C=O) groups excluding carboxylic acids is 2. The largest absolute Gasteiger partial charge is 0.462 e. The van der Waals surface area contributed by atoms with E-state index in [1.54, 1.807) is 0 Å². The number of hydrogen-bond donors (Lipinski definition) is 7. The van der Waals surface area contributed by atoms with Gasteiger partial charge in [0, 0.05) is 12.8 Å². The molecule has 15 nitrogen and oxygen atoms in total. The average molecular weight is 931 g/mol. The van der Waals surface area contributed by atoms with Crippen LogP contribution < -0.4 is 0 Å². The van der Waals surface area contributed by atoms with Gasteiger partial charge in [-0.15, -0.1) is 0 Å². The monoisotopic (exact) mass is 931 g/mol. The second-order valence-corrected chi connectivity index (χ2v) is 18.0. The lowest BCUT2D eigenvalue weighted by atomic mass is 9.98. The Bertz CT molecular complexity index is 1230. The van der Waals surface area contributed by atoms with Crippen molar-refractivity contribution in [3.63, 3.8) is 0 Å². The molecule has 0 radical (unpaired) electrons. The molecule has 65 heavy (non-hydrogen) atoms. The van der Waals surface area contributed by atoms with Crippen molar-refractivity contribution in [2.45, 2.75) is 255 Å². The highest BCUT2D eigenvalue weighted by Gasteiger charge is 2.47. The molecule has 0 aliphatic carbocycles. The van der Waals surface area contributed by atoms with Crippen LogP contribution in [-0.2, 0) is 38.0 Å². The maximum atomic E-state index is 12.9. The van der Waals surface area contributed by atoms with Gasteiger partial charge in [-0.2, -0.15) is 0 Å². The number of rotatable bonds is 39. The van der Waals surface area contributed by atoms with E-state index in [1.807, 2.05) is 0 Å². The van der Waals surface area contributed by atoms with Crippen LogP contribution in [0.3, 0.4) is 0 Å². The Labute approximate surface area is 390 Å². The number of aliphatic hydroxyl groups is 7. The summed E-state index contributed by atoms with van der Waals surface area (Å²) in [6, 6.07) is 0. The summed E-state index contributed by atoms with van der Waals surface area (Å²) in [7, 11) is 0. The van der Waals surface area contributed by atoms with E-state index < -0.39 is 92.7 Å². The topological polar surface area (TPSA) is 231 Å². The molecule has 380 valence electrons. The highest BCUT2D eigenvalue weighted by atomic mass is 16.7. The molecule has 0 aromatic carbocycles. The van der Waals surface area contributed by atoms with Crippen molar-refractivity contribution < 1.29 is 73.8 Å². The second-order valence-electron chi connectivity index (χ2n) is 18.0. The van der Waals surface area contributed by atoms with Gasteiger partial charge in [0.25, 0.3) is 0 Å². The Balaban J connectivity index is 1.71. The molecule has 0 amide bonds. The number of hydrogen-bond acceptors (Lipinski definition) is 15. The maximum Gasteiger partial charge on any atom is 0.306 e. The molecule has 2 rings (SSSR count). The molecule has 0 aromatic heterocycles. The fraction of sp³-hybridized carbons (Fsp3) is 0.880. The zero-order valence-electron chi connectivity index (χ0n) is 40.0. The van der Waals surface area contributed by atoms with Crippen molar-refractivity contribution in [1.82, 2.24) is 0 Å². The summed E-state index contributed by atoms with van der Waals surface area (Å²) in [5.74, 6) is -0.933. The van der Waals surface area contributed by atoms with E-state index in [1.165, 1.54) is 83.5 Å². The highest BCUT2D eigenvalue weighted by Crippen LogP contribution is 2.26. The van der Waals surface area contributed by atoms with E-state index in [4.69, 9.17) is 28.4 Å². The van der Waals surface area contributed by atoms with Gasteiger partial charge in [-0.25, -0.2) is 0 Å². The quantitative estimate of drug-likeness (QED) is 0.0192. The van der Waals surface area contributed by atoms with Crippen LogP contribution in [-0.4, -0.2) is 142 Å². The van der Waals surface area contributed by atoms with Crippen LogP contribution in [0.1, 0.15) is 187 Å². The zero-order valence-corrected chi connectivity index (χ0v) is 40.0. The minimum absolute atomic E-state index is 0.165. The maximum absolute atomic E-state index is 12.9. The molecule has 7 N–H and O–H groups in total. The standard InChI is InChI=1S/C50H90O15/c1-3-5-7-9-11-12-13-14-15-16-17-18-19-20-21-22-23-24-25-26-27-29-31-33-42(53)63-38(35-60-41(52)32-30-28-10-8-6-4-2)36-61-49-48(59)46(57)44(55)40(65-49)37-62-50-47(58)45(56)43(54)39(34-51)64-50/h13-14,16-17,38-40,43-51,54-59H,3-12,15,18-37H2,1-2H3/b14-13-,17-16-. The molecule has 0 spiro atoms. The number of ether oxygens (including phenoxy) is 6. The molecule has 0 aromatic rings. The first-order valence-electron chi connectivity index (χ1n) is 25.4. The van der Waals surface area contributed by atoms with E-state index in [-0.39, 0.29) is 26.1 Å². The van der Waals surface area contributed by atoms with Crippen LogP contribution in [0.5, 0.6) is 0 Å². The van der Waals surface area contributed by atoms with Crippen LogP contribution in [0.4, 0.5) is 0 Å². The average Bonchev–Trinajstić information content (AvgIpc) is 3.30. The molecule has 2 fully saturated rings. The SMILES string of the molecule is CCCCCCC/C=C\C/C=C\CCCCCCCCCCCCCC(=O)OC(COC(=O)CCCCCCCC)COC1OC(COC2OC(CO)C(O)C(O)C2O)C(O)C(O)C1O. The molecule has 0 bridgehead atoms.